The van der Waals surface area contributed by atoms with Crippen molar-refractivity contribution in [2.75, 3.05) is 5.73 Å². The molecule has 0 bridgehead atoms. The van der Waals surface area contributed by atoms with E-state index in [0.717, 1.165) is 30.5 Å². The SMILES string of the molecule is Nc1ccc2c(c1)CCCC2NC(=O)c1cccc(F)c1. The maximum Gasteiger partial charge on any atom is 0.251 e. The van der Waals surface area contributed by atoms with Crippen molar-refractivity contribution in [3.63, 3.8) is 0 Å². The first-order valence-electron chi connectivity index (χ1n) is 7.08. The van der Waals surface area contributed by atoms with Gasteiger partial charge in [0.1, 0.15) is 5.82 Å². The van der Waals surface area contributed by atoms with Crippen LogP contribution in [0.25, 0.3) is 0 Å². The summed E-state index contributed by atoms with van der Waals surface area (Å²) in [6.07, 6.45) is 2.87. The first-order chi connectivity index (χ1) is 10.1. The summed E-state index contributed by atoms with van der Waals surface area (Å²) < 4.78 is 13.2. The van der Waals surface area contributed by atoms with Crippen molar-refractivity contribution in [1.82, 2.24) is 5.32 Å². The zero-order valence-corrected chi connectivity index (χ0v) is 11.6. The molecule has 0 radical (unpaired) electrons. The van der Waals surface area contributed by atoms with Crippen molar-refractivity contribution >= 4 is 11.6 Å². The molecule has 2 aromatic carbocycles. The number of aryl methyl sites for hydroxylation is 1. The fraction of sp³-hybridized carbons (Fsp3) is 0.235. The minimum atomic E-state index is -0.403. The zero-order chi connectivity index (χ0) is 14.8. The number of carbonyl (C=O) groups is 1. The van der Waals surface area contributed by atoms with E-state index in [-0.39, 0.29) is 11.9 Å². The van der Waals surface area contributed by atoms with Gasteiger partial charge in [0.05, 0.1) is 6.04 Å². The highest BCUT2D eigenvalue weighted by atomic mass is 19.1. The molecule has 0 heterocycles. The van der Waals surface area contributed by atoms with Crippen molar-refractivity contribution in [2.24, 2.45) is 0 Å². The van der Waals surface area contributed by atoms with E-state index in [2.05, 4.69) is 5.32 Å². The number of benzene rings is 2. The molecule has 3 rings (SSSR count). The van der Waals surface area contributed by atoms with Crippen LogP contribution < -0.4 is 11.1 Å². The molecule has 1 atom stereocenters. The fourth-order valence-electron chi connectivity index (χ4n) is 2.86. The van der Waals surface area contributed by atoms with Crippen molar-refractivity contribution in [2.45, 2.75) is 25.3 Å². The van der Waals surface area contributed by atoms with Crippen LogP contribution in [0.3, 0.4) is 0 Å². The number of carbonyl (C=O) groups excluding carboxylic acids is 1. The lowest BCUT2D eigenvalue weighted by Gasteiger charge is -2.26. The summed E-state index contributed by atoms with van der Waals surface area (Å²) in [5.74, 6) is -0.649. The van der Waals surface area contributed by atoms with Gasteiger partial charge >= 0.3 is 0 Å². The predicted octanol–water partition coefficient (Wildman–Crippen LogP) is 3.22. The summed E-state index contributed by atoms with van der Waals surface area (Å²) in [5, 5.41) is 2.99. The van der Waals surface area contributed by atoms with Crippen LogP contribution in [0.2, 0.25) is 0 Å². The Kier molecular flexibility index (Phi) is 3.60. The van der Waals surface area contributed by atoms with Crippen LogP contribution in [-0.4, -0.2) is 5.91 Å². The minimum absolute atomic E-state index is 0.0369. The van der Waals surface area contributed by atoms with Gasteiger partial charge in [-0.15, -0.1) is 0 Å². The molecule has 2 aromatic rings. The summed E-state index contributed by atoms with van der Waals surface area (Å²) in [5.41, 5.74) is 9.19. The van der Waals surface area contributed by atoms with Crippen LogP contribution >= 0.6 is 0 Å². The average Bonchev–Trinajstić information content (AvgIpc) is 2.47. The largest absolute Gasteiger partial charge is 0.399 e. The quantitative estimate of drug-likeness (QED) is 0.832. The molecule has 0 saturated heterocycles. The second-order valence-electron chi connectivity index (χ2n) is 5.39. The summed E-state index contributed by atoms with van der Waals surface area (Å²) in [4.78, 5) is 12.2. The number of nitrogens with two attached hydrogens (primary N) is 1. The maximum absolute atomic E-state index is 13.2. The van der Waals surface area contributed by atoms with Gasteiger partial charge in [0.25, 0.3) is 5.91 Å². The standard InChI is InChI=1S/C17H17FN2O/c18-13-5-1-4-12(9-13)17(21)20-16-6-2-3-11-10-14(19)7-8-15(11)16/h1,4-5,7-10,16H,2-3,6,19H2,(H,20,21). The number of hydrogen-bond donors (Lipinski definition) is 2. The lowest BCUT2D eigenvalue weighted by Crippen LogP contribution is -2.31. The van der Waals surface area contributed by atoms with Gasteiger partial charge in [-0.2, -0.15) is 0 Å². The van der Waals surface area contributed by atoms with E-state index >= 15 is 0 Å². The van der Waals surface area contributed by atoms with Crippen LogP contribution in [0.1, 0.15) is 40.4 Å². The Balaban J connectivity index is 1.82. The number of halogens is 1. The molecule has 1 amide bonds. The number of anilines is 1. The van der Waals surface area contributed by atoms with Gasteiger partial charge < -0.3 is 11.1 Å². The molecule has 0 fully saturated rings. The lowest BCUT2D eigenvalue weighted by molar-refractivity contribution is 0.0932. The van der Waals surface area contributed by atoms with Crippen molar-refractivity contribution < 1.29 is 9.18 Å². The first-order valence-corrected chi connectivity index (χ1v) is 7.08. The molecule has 21 heavy (non-hydrogen) atoms. The van der Waals surface area contributed by atoms with E-state index in [9.17, 15) is 9.18 Å². The average molecular weight is 284 g/mol. The zero-order valence-electron chi connectivity index (χ0n) is 11.6. The Labute approximate surface area is 123 Å². The number of fused-ring (bicyclic) bond motifs is 1. The normalized spacial score (nSPS) is 17.1. The van der Waals surface area contributed by atoms with Crippen LogP contribution in [-0.2, 0) is 6.42 Å². The molecule has 1 unspecified atom stereocenters. The second kappa shape index (κ2) is 5.56. The van der Waals surface area contributed by atoms with E-state index in [1.807, 2.05) is 18.2 Å². The molecule has 0 aromatic heterocycles. The topological polar surface area (TPSA) is 55.1 Å². The van der Waals surface area contributed by atoms with Crippen LogP contribution in [0.15, 0.2) is 42.5 Å². The number of nitrogens with one attached hydrogen (secondary N) is 1. The van der Waals surface area contributed by atoms with Gasteiger partial charge in [0.15, 0.2) is 0 Å². The minimum Gasteiger partial charge on any atom is -0.399 e. The number of nitrogen functional groups attached to an aromatic ring is 1. The molecule has 0 spiro atoms. The monoisotopic (exact) mass is 284 g/mol. The Morgan fingerprint density at radius 3 is 2.90 bits per heavy atom. The van der Waals surface area contributed by atoms with E-state index in [1.54, 1.807) is 12.1 Å². The van der Waals surface area contributed by atoms with Crippen molar-refractivity contribution in [3.8, 4) is 0 Å². The van der Waals surface area contributed by atoms with Crippen LogP contribution in [0.4, 0.5) is 10.1 Å². The Morgan fingerprint density at radius 2 is 2.10 bits per heavy atom. The summed E-state index contributed by atoms with van der Waals surface area (Å²) in [6, 6.07) is 11.5. The van der Waals surface area contributed by atoms with Crippen molar-refractivity contribution in [3.05, 3.63) is 65.0 Å². The third kappa shape index (κ3) is 2.89. The van der Waals surface area contributed by atoms with E-state index < -0.39 is 5.82 Å². The lowest BCUT2D eigenvalue weighted by atomic mass is 9.87. The molecular formula is C17H17FN2O. The van der Waals surface area contributed by atoms with Gasteiger partial charge in [0, 0.05) is 11.3 Å². The Morgan fingerprint density at radius 1 is 1.24 bits per heavy atom. The Hall–Kier alpha value is -2.36. The van der Waals surface area contributed by atoms with Gasteiger partial charge in [0.2, 0.25) is 0 Å². The molecule has 0 aliphatic heterocycles. The number of hydrogen-bond acceptors (Lipinski definition) is 2. The second-order valence-corrected chi connectivity index (χ2v) is 5.39. The van der Waals surface area contributed by atoms with Crippen molar-refractivity contribution in [1.29, 1.82) is 0 Å². The molecule has 3 nitrogen and oxygen atoms in total. The highest BCUT2D eigenvalue weighted by Gasteiger charge is 2.22. The van der Waals surface area contributed by atoms with Gasteiger partial charge in [-0.1, -0.05) is 12.1 Å². The van der Waals surface area contributed by atoms with Gasteiger partial charge in [-0.05, 0) is 60.7 Å². The smallest absolute Gasteiger partial charge is 0.251 e. The highest BCUT2D eigenvalue weighted by molar-refractivity contribution is 5.94. The van der Waals surface area contributed by atoms with Gasteiger partial charge in [-0.3, -0.25) is 4.79 Å². The molecule has 108 valence electrons. The Bertz CT molecular complexity index is 684. The maximum atomic E-state index is 13.2. The van der Waals surface area contributed by atoms with E-state index in [0.29, 0.717) is 5.56 Å². The summed E-state index contributed by atoms with van der Waals surface area (Å²) in [6.45, 7) is 0. The molecule has 0 saturated carbocycles. The van der Waals surface area contributed by atoms with Crippen LogP contribution in [0.5, 0.6) is 0 Å². The highest BCUT2D eigenvalue weighted by Crippen LogP contribution is 2.31. The number of amides is 1. The molecule has 4 heteroatoms. The molecule has 1 aliphatic rings. The first kappa shape index (κ1) is 13.6. The predicted molar refractivity (Wildman–Crippen MR) is 80.4 cm³/mol. The number of rotatable bonds is 2. The fourth-order valence-corrected chi connectivity index (χ4v) is 2.86. The molecular weight excluding hydrogens is 267 g/mol. The third-order valence-electron chi connectivity index (χ3n) is 3.87. The third-order valence-corrected chi connectivity index (χ3v) is 3.87. The summed E-state index contributed by atoms with van der Waals surface area (Å²) in [7, 11) is 0. The van der Waals surface area contributed by atoms with E-state index in [1.165, 1.54) is 17.7 Å². The van der Waals surface area contributed by atoms with E-state index in [4.69, 9.17) is 5.73 Å². The summed E-state index contributed by atoms with van der Waals surface area (Å²) >= 11 is 0. The van der Waals surface area contributed by atoms with Gasteiger partial charge in [-0.25, -0.2) is 4.39 Å². The molecule has 1 aliphatic carbocycles. The van der Waals surface area contributed by atoms with Crippen LogP contribution in [0, 0.1) is 5.82 Å². The molecule has 3 N–H and O–H groups in total.